The monoisotopic (exact) mass is 752 g/mol. The van der Waals surface area contributed by atoms with E-state index in [9.17, 15) is 49.5 Å². The summed E-state index contributed by atoms with van der Waals surface area (Å²) in [6, 6.07) is 0. The normalized spacial score (nSPS) is 50.2. The lowest BCUT2D eigenvalue weighted by Gasteiger charge is -2.62. The highest BCUT2D eigenvalue weighted by atomic mass is 19.1. The summed E-state index contributed by atoms with van der Waals surface area (Å²) in [7, 11) is 0. The fourth-order valence-electron chi connectivity index (χ4n) is 14.2. The molecule has 0 radical (unpaired) electrons. The number of carbonyl (C=O) groups is 5. The van der Waals surface area contributed by atoms with Crippen LogP contribution in [0.4, 0.5) is 4.39 Å². The van der Waals surface area contributed by atoms with Gasteiger partial charge in [0.2, 0.25) is 0 Å². The van der Waals surface area contributed by atoms with Crippen LogP contribution in [0.2, 0.25) is 0 Å². The van der Waals surface area contributed by atoms with Crippen LogP contribution in [-0.2, 0) is 24.0 Å². The van der Waals surface area contributed by atoms with Gasteiger partial charge < -0.3 is 25.5 Å². The number of halogens is 1. The van der Waals surface area contributed by atoms with Crippen LogP contribution in [0.25, 0.3) is 0 Å². The van der Waals surface area contributed by atoms with Crippen molar-refractivity contribution in [2.45, 2.75) is 128 Å². The van der Waals surface area contributed by atoms with Gasteiger partial charge in [-0.2, -0.15) is 0 Å². The molecule has 0 aromatic rings. The number of fused-ring (bicyclic) bond motifs is 10. The third kappa shape index (κ3) is 4.83. The van der Waals surface area contributed by atoms with Crippen LogP contribution in [0.1, 0.15) is 105 Å². The first-order chi connectivity index (χ1) is 25.1. The smallest absolute Gasteiger partial charge is 0.190 e. The molecule has 10 nitrogen and oxygen atoms in total. The number of rotatable bonds is 4. The summed E-state index contributed by atoms with van der Waals surface area (Å²) >= 11 is 0. The predicted octanol–water partition coefficient (Wildman–Crippen LogP) is 3.89. The Bertz CT molecular complexity index is 1780. The summed E-state index contributed by atoms with van der Waals surface area (Å²) in [5.41, 5.74) is -6.72. The highest BCUT2D eigenvalue weighted by Gasteiger charge is 2.75. The van der Waals surface area contributed by atoms with Crippen molar-refractivity contribution in [3.63, 3.8) is 0 Å². The largest absolute Gasteiger partial charge is 0.390 e. The summed E-state index contributed by atoms with van der Waals surface area (Å²) in [6.45, 7) is 7.79. The Morgan fingerprint density at radius 2 is 1.50 bits per heavy atom. The molecule has 0 aromatic carbocycles. The Kier molecular flexibility index (Phi) is 9.26. The molecule has 11 heteroatoms. The third-order valence-electron chi connectivity index (χ3n) is 17.2. The Labute approximate surface area is 316 Å². The minimum Gasteiger partial charge on any atom is -0.390 e. The lowest BCUT2D eigenvalue weighted by molar-refractivity contribution is -0.219. The van der Waals surface area contributed by atoms with Crippen molar-refractivity contribution in [3.8, 4) is 0 Å². The van der Waals surface area contributed by atoms with Gasteiger partial charge in [-0.3, -0.25) is 24.0 Å². The number of ketones is 5. The van der Waals surface area contributed by atoms with Crippen LogP contribution < -0.4 is 0 Å². The molecule has 54 heavy (non-hydrogen) atoms. The van der Waals surface area contributed by atoms with Crippen molar-refractivity contribution in [2.24, 2.45) is 57.2 Å². The van der Waals surface area contributed by atoms with Crippen molar-refractivity contribution < 1.29 is 53.9 Å². The molecule has 8 aliphatic carbocycles. The molecule has 0 saturated heterocycles. The first-order valence-corrected chi connectivity index (χ1v) is 19.9. The molecule has 5 N–H and O–H groups in total. The highest BCUT2D eigenvalue weighted by molar-refractivity contribution is 6.01. The zero-order valence-corrected chi connectivity index (χ0v) is 32.2. The van der Waals surface area contributed by atoms with Crippen molar-refractivity contribution in [1.82, 2.24) is 0 Å². The summed E-state index contributed by atoms with van der Waals surface area (Å²) in [4.78, 5) is 61.9. The van der Waals surface area contributed by atoms with Gasteiger partial charge in [-0.05, 0) is 112 Å². The first kappa shape index (κ1) is 39.5. The molecule has 0 spiro atoms. The maximum atomic E-state index is 16.9. The molecule has 0 aromatic heterocycles. The Hall–Kier alpha value is -2.70. The molecule has 0 bridgehead atoms. The Morgan fingerprint density at radius 1 is 0.833 bits per heavy atom. The lowest BCUT2D eigenvalue weighted by atomic mass is 9.44. The van der Waals surface area contributed by atoms with E-state index in [1.165, 1.54) is 12.2 Å². The number of alkyl halides is 1. The second-order valence-corrected chi connectivity index (χ2v) is 19.1. The van der Waals surface area contributed by atoms with Crippen LogP contribution >= 0.6 is 0 Å². The molecule has 6 saturated carbocycles. The molecule has 0 amide bonds. The SMILES string of the molecule is C[C@@H]1C[C@H]2[C@@H]3CCC4=CC(=O)C=C[C@]4(C)[C@@]3(F)[C@@H](O)C[C@]2(C)[C@@]1(O)C(=O)CO.C[C@]12CCC(=O)C=C1CC[C@@H]1[C@@H]2C(=O)C[C@@]2(C)[C@H]1CC[C@]2(O)C(=O)CO. The summed E-state index contributed by atoms with van der Waals surface area (Å²) in [5, 5.41) is 52.4. The van der Waals surface area contributed by atoms with Gasteiger partial charge in [0.25, 0.3) is 0 Å². The van der Waals surface area contributed by atoms with Crippen molar-refractivity contribution >= 4 is 28.9 Å². The first-order valence-electron chi connectivity index (χ1n) is 19.9. The van der Waals surface area contributed by atoms with Gasteiger partial charge in [0.05, 0.1) is 6.10 Å². The standard InChI is InChI=1S/C22H29FO5.C21H28O5/c1-12-8-16-15-5-4-13-9-14(25)6-7-19(13,2)21(15,23)17(26)10-20(16,3)22(12,28)18(27)11-24;1-19-7-5-13(23)9-12(19)3-4-14-15-6-8-21(26,17(25)11-22)20(15,2)10-16(24)18(14)19/h6-7,9,12,15-17,24,26,28H,4-5,8,10-11H2,1-3H3;9,14-15,18,22,26H,3-8,10-11H2,1-2H3/t12-,15+,16+,17+,19+,20+,21+,22+;14-,15-,18+,19-,20-,21-/m10/s1. The summed E-state index contributed by atoms with van der Waals surface area (Å²) in [6.07, 6.45) is 10.3. The topological polar surface area (TPSA) is 186 Å². The minimum atomic E-state index is -1.98. The molecule has 296 valence electrons. The van der Waals surface area contributed by atoms with E-state index in [1.54, 1.807) is 32.9 Å². The predicted molar refractivity (Wildman–Crippen MR) is 194 cm³/mol. The Balaban J connectivity index is 0.000000167. The third-order valence-corrected chi connectivity index (χ3v) is 17.2. The van der Waals surface area contributed by atoms with Crippen molar-refractivity contribution in [3.05, 3.63) is 35.5 Å². The van der Waals surface area contributed by atoms with Gasteiger partial charge in [-0.25, -0.2) is 4.39 Å². The molecule has 6 fully saturated rings. The van der Waals surface area contributed by atoms with Gasteiger partial charge in [0.1, 0.15) is 30.2 Å². The van der Waals surface area contributed by atoms with E-state index in [0.717, 1.165) is 18.4 Å². The Morgan fingerprint density at radius 3 is 2.17 bits per heavy atom. The van der Waals surface area contributed by atoms with E-state index in [4.69, 9.17) is 0 Å². The zero-order chi connectivity index (χ0) is 39.6. The van der Waals surface area contributed by atoms with E-state index >= 15 is 4.39 Å². The van der Waals surface area contributed by atoms with Gasteiger partial charge in [-0.1, -0.05) is 44.9 Å². The number of aliphatic hydroxyl groups is 5. The fourth-order valence-corrected chi connectivity index (χ4v) is 14.2. The van der Waals surface area contributed by atoms with Crippen LogP contribution in [0, 0.1) is 57.2 Å². The molecule has 14 atom stereocenters. The number of hydrogen-bond acceptors (Lipinski definition) is 10. The molecule has 0 aliphatic heterocycles. The average molecular weight is 753 g/mol. The fraction of sp³-hybridized carbons (Fsp3) is 0.744. The minimum absolute atomic E-state index is 0.0676. The van der Waals surface area contributed by atoms with Crippen LogP contribution in [0.5, 0.6) is 0 Å². The molecular formula is C43H57FO10. The summed E-state index contributed by atoms with van der Waals surface area (Å²) in [5.74, 6) is -2.29. The van der Waals surface area contributed by atoms with Gasteiger partial charge in [0, 0.05) is 40.9 Å². The zero-order valence-electron chi connectivity index (χ0n) is 32.2. The number of carbonyl (C=O) groups excluding carboxylic acids is 5. The lowest BCUT2D eigenvalue weighted by Crippen LogP contribution is -2.69. The van der Waals surface area contributed by atoms with Crippen molar-refractivity contribution in [1.29, 1.82) is 0 Å². The average Bonchev–Trinajstić information content (AvgIpc) is 3.51. The highest BCUT2D eigenvalue weighted by Crippen LogP contribution is 2.71. The number of allylic oxidation sites excluding steroid dienone is 5. The summed E-state index contributed by atoms with van der Waals surface area (Å²) < 4.78 is 16.9. The van der Waals surface area contributed by atoms with E-state index in [0.29, 0.717) is 50.5 Å². The van der Waals surface area contributed by atoms with Crippen LogP contribution in [-0.4, -0.2) is 90.6 Å². The van der Waals surface area contributed by atoms with E-state index in [1.807, 2.05) is 6.92 Å². The van der Waals surface area contributed by atoms with Crippen LogP contribution in [0.3, 0.4) is 0 Å². The molecular weight excluding hydrogens is 695 g/mol. The van der Waals surface area contributed by atoms with Gasteiger partial charge in [0.15, 0.2) is 28.8 Å². The molecule has 0 heterocycles. The second kappa shape index (κ2) is 12.7. The van der Waals surface area contributed by atoms with Crippen molar-refractivity contribution in [2.75, 3.05) is 13.2 Å². The molecule has 8 rings (SSSR count). The maximum absolute atomic E-state index is 16.9. The van der Waals surface area contributed by atoms with E-state index in [-0.39, 0.29) is 59.3 Å². The van der Waals surface area contributed by atoms with Crippen LogP contribution in [0.15, 0.2) is 35.5 Å². The second-order valence-electron chi connectivity index (χ2n) is 19.1. The van der Waals surface area contributed by atoms with E-state index in [2.05, 4.69) is 6.92 Å². The molecule has 8 aliphatic rings. The number of hydrogen-bond donors (Lipinski definition) is 5. The molecule has 0 unspecified atom stereocenters. The quantitative estimate of drug-likeness (QED) is 0.282. The van der Waals surface area contributed by atoms with Gasteiger partial charge in [-0.15, -0.1) is 0 Å². The number of aliphatic hydroxyl groups excluding tert-OH is 3. The number of Topliss-reactive ketones (excluding diaryl/α,β-unsaturated/α-hetero) is 3. The van der Waals surface area contributed by atoms with Gasteiger partial charge >= 0.3 is 0 Å². The maximum Gasteiger partial charge on any atom is 0.190 e. The van der Waals surface area contributed by atoms with E-state index < -0.39 is 75.8 Å².